The summed E-state index contributed by atoms with van der Waals surface area (Å²) in [6, 6.07) is 8.24. The Bertz CT molecular complexity index is 461. The normalized spacial score (nSPS) is 10.3. The number of nitrogens with two attached hydrogens (primary N) is 1. The summed E-state index contributed by atoms with van der Waals surface area (Å²) in [5, 5.41) is 6.62. The van der Waals surface area contributed by atoms with Crippen LogP contribution in [-0.4, -0.2) is 17.2 Å². The minimum atomic E-state index is 0.582. The number of aromatic nitrogens is 2. The van der Waals surface area contributed by atoms with Gasteiger partial charge in [0.05, 0.1) is 6.20 Å². The Morgan fingerprint density at radius 2 is 2.20 bits per heavy atom. The van der Waals surface area contributed by atoms with Gasteiger partial charge in [-0.15, -0.1) is 0 Å². The van der Waals surface area contributed by atoms with Crippen LogP contribution in [0.25, 0.3) is 0 Å². The van der Waals surface area contributed by atoms with E-state index in [1.807, 2.05) is 24.1 Å². The van der Waals surface area contributed by atoms with E-state index >= 15 is 0 Å². The quantitative estimate of drug-likeness (QED) is 0.783. The molecule has 0 bridgehead atoms. The molecule has 0 spiro atoms. The van der Waals surface area contributed by atoms with E-state index in [-0.39, 0.29) is 0 Å². The van der Waals surface area contributed by atoms with Gasteiger partial charge in [0.1, 0.15) is 11.5 Å². The van der Waals surface area contributed by atoms with Gasteiger partial charge in [0.15, 0.2) is 0 Å². The first-order valence-electron chi connectivity index (χ1n) is 4.77. The van der Waals surface area contributed by atoms with Crippen molar-refractivity contribution in [3.8, 4) is 0 Å². The maximum atomic E-state index is 5.76. The average Bonchev–Trinajstić information content (AvgIpc) is 2.63. The zero-order valence-electron chi connectivity index (χ0n) is 8.86. The van der Waals surface area contributed by atoms with Crippen molar-refractivity contribution >= 4 is 17.2 Å². The minimum absolute atomic E-state index is 0.582. The molecule has 15 heavy (non-hydrogen) atoms. The highest BCUT2D eigenvalue weighted by atomic mass is 15.2. The first kappa shape index (κ1) is 9.58. The second-order valence-electron chi connectivity index (χ2n) is 3.57. The van der Waals surface area contributed by atoms with Gasteiger partial charge in [0.25, 0.3) is 0 Å². The Balaban J connectivity index is 2.36. The van der Waals surface area contributed by atoms with Gasteiger partial charge in [-0.05, 0) is 24.6 Å². The average molecular weight is 202 g/mol. The molecule has 4 nitrogen and oxygen atoms in total. The zero-order valence-corrected chi connectivity index (χ0v) is 8.86. The third-order valence-corrected chi connectivity index (χ3v) is 2.40. The number of nitrogens with zero attached hydrogens (tertiary/aromatic N) is 2. The second kappa shape index (κ2) is 3.65. The molecular formula is C11H14N4. The molecule has 2 aromatic rings. The number of aromatic amines is 1. The van der Waals surface area contributed by atoms with Crippen molar-refractivity contribution in [3.63, 3.8) is 0 Å². The van der Waals surface area contributed by atoms with Crippen LogP contribution in [0.4, 0.5) is 17.2 Å². The molecule has 0 aliphatic heterocycles. The Kier molecular flexibility index (Phi) is 2.33. The van der Waals surface area contributed by atoms with Crippen LogP contribution in [0.1, 0.15) is 5.56 Å². The van der Waals surface area contributed by atoms with Gasteiger partial charge in [-0.25, -0.2) is 0 Å². The maximum Gasteiger partial charge on any atom is 0.143 e. The second-order valence-corrected chi connectivity index (χ2v) is 3.57. The van der Waals surface area contributed by atoms with Gasteiger partial charge in [-0.1, -0.05) is 12.1 Å². The first-order valence-corrected chi connectivity index (χ1v) is 4.77. The largest absolute Gasteiger partial charge is 0.382 e. The van der Waals surface area contributed by atoms with Crippen LogP contribution in [0.15, 0.2) is 30.5 Å². The van der Waals surface area contributed by atoms with E-state index in [0.29, 0.717) is 5.82 Å². The highest BCUT2D eigenvalue weighted by molar-refractivity contribution is 5.71. The lowest BCUT2D eigenvalue weighted by Gasteiger charge is -2.18. The smallest absolute Gasteiger partial charge is 0.143 e. The summed E-state index contributed by atoms with van der Waals surface area (Å²) in [5.74, 6) is 0.582. The number of hydrogen-bond donors (Lipinski definition) is 2. The summed E-state index contributed by atoms with van der Waals surface area (Å²) < 4.78 is 0. The molecule has 0 unspecified atom stereocenters. The van der Waals surface area contributed by atoms with Crippen molar-refractivity contribution in [1.29, 1.82) is 0 Å². The highest BCUT2D eigenvalue weighted by Gasteiger charge is 2.08. The fourth-order valence-electron chi connectivity index (χ4n) is 1.53. The van der Waals surface area contributed by atoms with Gasteiger partial charge >= 0.3 is 0 Å². The SMILES string of the molecule is Cc1cccc(N(C)c2cn[nH]c2N)c1. The van der Waals surface area contributed by atoms with Crippen molar-refractivity contribution in [1.82, 2.24) is 10.2 Å². The number of anilines is 3. The number of nitrogens with one attached hydrogen (secondary N) is 1. The Labute approximate surface area is 88.7 Å². The van der Waals surface area contributed by atoms with Crippen molar-refractivity contribution in [2.75, 3.05) is 17.7 Å². The summed E-state index contributed by atoms with van der Waals surface area (Å²) in [6.45, 7) is 2.07. The highest BCUT2D eigenvalue weighted by Crippen LogP contribution is 2.27. The summed E-state index contributed by atoms with van der Waals surface area (Å²) in [6.07, 6.45) is 1.72. The summed E-state index contributed by atoms with van der Waals surface area (Å²) >= 11 is 0. The molecule has 0 saturated carbocycles. The number of benzene rings is 1. The molecule has 0 aliphatic rings. The molecular weight excluding hydrogens is 188 g/mol. The fraction of sp³-hybridized carbons (Fsp3) is 0.182. The van der Waals surface area contributed by atoms with Crippen LogP contribution in [0.3, 0.4) is 0 Å². The van der Waals surface area contributed by atoms with E-state index in [2.05, 4.69) is 29.3 Å². The van der Waals surface area contributed by atoms with Crippen molar-refractivity contribution < 1.29 is 0 Å². The van der Waals surface area contributed by atoms with E-state index < -0.39 is 0 Å². The fourth-order valence-corrected chi connectivity index (χ4v) is 1.53. The third-order valence-electron chi connectivity index (χ3n) is 2.40. The molecule has 2 rings (SSSR count). The van der Waals surface area contributed by atoms with Gasteiger partial charge < -0.3 is 10.6 Å². The van der Waals surface area contributed by atoms with E-state index in [1.165, 1.54) is 5.56 Å². The van der Waals surface area contributed by atoms with Crippen LogP contribution in [-0.2, 0) is 0 Å². The molecule has 0 aliphatic carbocycles. The summed E-state index contributed by atoms with van der Waals surface area (Å²) in [7, 11) is 1.97. The van der Waals surface area contributed by atoms with E-state index in [1.54, 1.807) is 6.20 Å². The molecule has 0 saturated heterocycles. The topological polar surface area (TPSA) is 57.9 Å². The summed E-state index contributed by atoms with van der Waals surface area (Å²) in [4.78, 5) is 2.01. The number of nitrogen functional groups attached to an aromatic ring is 1. The molecule has 0 radical (unpaired) electrons. The Morgan fingerprint density at radius 1 is 1.40 bits per heavy atom. The number of aryl methyl sites for hydroxylation is 1. The minimum Gasteiger partial charge on any atom is -0.382 e. The van der Waals surface area contributed by atoms with Gasteiger partial charge in [-0.2, -0.15) is 5.10 Å². The molecule has 1 aromatic heterocycles. The van der Waals surface area contributed by atoms with Crippen molar-refractivity contribution in [2.45, 2.75) is 6.92 Å². The number of rotatable bonds is 2. The molecule has 0 fully saturated rings. The lowest BCUT2D eigenvalue weighted by molar-refractivity contribution is 1.10. The van der Waals surface area contributed by atoms with Crippen LogP contribution < -0.4 is 10.6 Å². The molecule has 0 atom stereocenters. The molecule has 1 aromatic carbocycles. The molecule has 0 amide bonds. The van der Waals surface area contributed by atoms with E-state index in [4.69, 9.17) is 5.73 Å². The molecule has 4 heteroatoms. The van der Waals surface area contributed by atoms with Gasteiger partial charge in [0.2, 0.25) is 0 Å². The van der Waals surface area contributed by atoms with Crippen LogP contribution in [0.2, 0.25) is 0 Å². The molecule has 1 heterocycles. The van der Waals surface area contributed by atoms with Crippen molar-refractivity contribution in [2.24, 2.45) is 0 Å². The monoisotopic (exact) mass is 202 g/mol. The van der Waals surface area contributed by atoms with Gasteiger partial charge in [0, 0.05) is 12.7 Å². The van der Waals surface area contributed by atoms with Gasteiger partial charge in [-0.3, -0.25) is 5.10 Å². The van der Waals surface area contributed by atoms with Crippen LogP contribution in [0.5, 0.6) is 0 Å². The third kappa shape index (κ3) is 1.79. The standard InChI is InChI=1S/C11H14N4/c1-8-4-3-5-9(6-8)15(2)10-7-13-14-11(10)12/h3-7H,1-2H3,(H3,12,13,14). The zero-order chi connectivity index (χ0) is 10.8. The summed E-state index contributed by atoms with van der Waals surface area (Å²) in [5.41, 5.74) is 8.97. The molecule has 3 N–H and O–H groups in total. The first-order chi connectivity index (χ1) is 7.18. The van der Waals surface area contributed by atoms with Crippen LogP contribution >= 0.6 is 0 Å². The Hall–Kier alpha value is -1.97. The predicted molar refractivity (Wildman–Crippen MR) is 62.2 cm³/mol. The molecule has 78 valence electrons. The van der Waals surface area contributed by atoms with Crippen LogP contribution in [0, 0.1) is 6.92 Å². The van der Waals surface area contributed by atoms with E-state index in [0.717, 1.165) is 11.4 Å². The lowest BCUT2D eigenvalue weighted by Crippen LogP contribution is -2.10. The van der Waals surface area contributed by atoms with Crippen molar-refractivity contribution in [3.05, 3.63) is 36.0 Å². The maximum absolute atomic E-state index is 5.76. The Morgan fingerprint density at radius 3 is 2.80 bits per heavy atom. The number of H-pyrrole nitrogens is 1. The van der Waals surface area contributed by atoms with E-state index in [9.17, 15) is 0 Å². The predicted octanol–water partition coefficient (Wildman–Crippen LogP) is 2.07. The lowest BCUT2D eigenvalue weighted by atomic mass is 10.2. The number of hydrogen-bond acceptors (Lipinski definition) is 3.